The number of amides is 1. The van der Waals surface area contributed by atoms with Gasteiger partial charge in [-0.25, -0.2) is 4.98 Å². The molecular formula is C21H24N4O14S. The van der Waals surface area contributed by atoms with Crippen LogP contribution in [-0.4, -0.2) is 89.7 Å². The topological polar surface area (TPSA) is 343 Å². The van der Waals surface area contributed by atoms with Gasteiger partial charge in [0.15, 0.2) is 39.6 Å². The van der Waals surface area contributed by atoms with Crippen molar-refractivity contribution in [3.63, 3.8) is 0 Å². The fourth-order valence-corrected chi connectivity index (χ4v) is 4.09. The van der Waals surface area contributed by atoms with Crippen LogP contribution in [0, 0.1) is 0 Å². The van der Waals surface area contributed by atoms with E-state index in [-0.39, 0.29) is 10.8 Å². The monoisotopic (exact) mass is 588 g/mol. The molecule has 0 saturated heterocycles. The minimum absolute atomic E-state index is 0.147. The maximum atomic E-state index is 12.3. The SMILES string of the molecule is Nc1nc(CC(=O)Nc2c(O)c(O)c(C(O)(O)C(O)(O)NCCc3c(O)c(O)c(O)c(O)c3O)c(O)c2O)cs1. The third-order valence-corrected chi connectivity index (χ3v) is 6.34. The molecule has 3 aromatic rings. The number of nitrogen functional groups attached to an aromatic ring is 1. The van der Waals surface area contributed by atoms with Crippen molar-refractivity contribution >= 4 is 28.1 Å². The number of aliphatic hydroxyl groups is 4. The van der Waals surface area contributed by atoms with Crippen LogP contribution in [-0.2, 0) is 23.4 Å². The second-order valence-electron chi connectivity index (χ2n) is 8.29. The zero-order chi connectivity index (χ0) is 30.3. The van der Waals surface area contributed by atoms with Gasteiger partial charge in [0.05, 0.1) is 12.1 Å². The third-order valence-electron chi connectivity index (χ3n) is 5.62. The van der Waals surface area contributed by atoms with E-state index in [4.69, 9.17) is 5.73 Å². The molecule has 0 aliphatic heterocycles. The van der Waals surface area contributed by atoms with E-state index in [1.807, 2.05) is 5.32 Å². The normalized spacial score (nSPS) is 12.0. The number of aromatic hydroxyl groups is 9. The number of aromatic nitrogens is 1. The lowest BCUT2D eigenvalue weighted by atomic mass is 9.97. The minimum Gasteiger partial charge on any atom is -0.504 e. The number of carbonyl (C=O) groups is 1. The van der Waals surface area contributed by atoms with E-state index in [2.05, 4.69) is 4.98 Å². The molecule has 1 aromatic heterocycles. The van der Waals surface area contributed by atoms with Crippen molar-refractivity contribution in [1.29, 1.82) is 0 Å². The molecule has 17 N–H and O–H groups in total. The summed E-state index contributed by atoms with van der Waals surface area (Å²) in [5.74, 6) is -21.0. The molecular weight excluding hydrogens is 564 g/mol. The lowest BCUT2D eigenvalue weighted by Gasteiger charge is -2.36. The van der Waals surface area contributed by atoms with Crippen molar-refractivity contribution in [2.24, 2.45) is 0 Å². The van der Waals surface area contributed by atoms with Crippen molar-refractivity contribution in [3.05, 3.63) is 22.2 Å². The molecule has 0 aliphatic carbocycles. The Bertz CT molecular complexity index is 1410. The Morgan fingerprint density at radius 2 is 1.30 bits per heavy atom. The molecule has 2 aromatic carbocycles. The van der Waals surface area contributed by atoms with Gasteiger partial charge >= 0.3 is 0 Å². The summed E-state index contributed by atoms with van der Waals surface area (Å²) in [5.41, 5.74) is 2.39. The van der Waals surface area contributed by atoms with Crippen molar-refractivity contribution in [2.75, 3.05) is 17.6 Å². The van der Waals surface area contributed by atoms with Gasteiger partial charge in [-0.3, -0.25) is 10.1 Å². The van der Waals surface area contributed by atoms with E-state index in [0.29, 0.717) is 0 Å². The first kappa shape index (κ1) is 29.9. The van der Waals surface area contributed by atoms with Crippen LogP contribution in [0.3, 0.4) is 0 Å². The van der Waals surface area contributed by atoms with Gasteiger partial charge in [-0.1, -0.05) is 0 Å². The average molecular weight is 589 g/mol. The number of carbonyl (C=O) groups excluding carboxylic acids is 1. The summed E-state index contributed by atoms with van der Waals surface area (Å²) < 4.78 is 0. The molecule has 0 aliphatic rings. The molecule has 1 amide bonds. The molecule has 0 atom stereocenters. The zero-order valence-electron chi connectivity index (χ0n) is 19.9. The Kier molecular flexibility index (Phi) is 7.83. The van der Waals surface area contributed by atoms with Gasteiger partial charge in [0.2, 0.25) is 23.2 Å². The third kappa shape index (κ3) is 5.14. The number of nitrogens with zero attached hydrogens (tertiary/aromatic N) is 1. The molecule has 19 heteroatoms. The average Bonchev–Trinajstić information content (AvgIpc) is 3.28. The number of phenols is 9. The fraction of sp³-hybridized carbons (Fsp3) is 0.238. The first-order chi connectivity index (χ1) is 18.4. The number of phenolic OH excluding ortho intramolecular Hbond substituents is 9. The largest absolute Gasteiger partial charge is 0.504 e. The number of hydrogen-bond donors (Lipinski definition) is 16. The van der Waals surface area contributed by atoms with Crippen LogP contribution in [0.1, 0.15) is 16.8 Å². The lowest BCUT2D eigenvalue weighted by molar-refractivity contribution is -0.379. The van der Waals surface area contributed by atoms with Gasteiger partial charge in [0.25, 0.3) is 11.7 Å². The summed E-state index contributed by atoms with van der Waals surface area (Å²) in [4.78, 5) is 16.1. The van der Waals surface area contributed by atoms with Crippen molar-refractivity contribution in [2.45, 2.75) is 24.5 Å². The highest BCUT2D eigenvalue weighted by atomic mass is 32.1. The molecule has 1 heterocycles. The molecule has 0 spiro atoms. The van der Waals surface area contributed by atoms with Crippen LogP contribution in [0.15, 0.2) is 5.38 Å². The highest BCUT2D eigenvalue weighted by Crippen LogP contribution is 2.54. The van der Waals surface area contributed by atoms with Gasteiger partial charge in [0.1, 0.15) is 11.3 Å². The summed E-state index contributed by atoms with van der Waals surface area (Å²) >= 11 is 1.02. The van der Waals surface area contributed by atoms with E-state index in [9.17, 15) is 71.2 Å². The van der Waals surface area contributed by atoms with E-state index < -0.39 is 106 Å². The second kappa shape index (κ2) is 10.5. The zero-order valence-corrected chi connectivity index (χ0v) is 20.7. The van der Waals surface area contributed by atoms with Crippen LogP contribution < -0.4 is 16.4 Å². The molecule has 3 rings (SSSR count). The Labute approximate surface area is 226 Å². The van der Waals surface area contributed by atoms with Crippen molar-refractivity contribution < 1.29 is 71.2 Å². The summed E-state index contributed by atoms with van der Waals surface area (Å²) in [6, 6.07) is 0. The van der Waals surface area contributed by atoms with Gasteiger partial charge in [-0.15, -0.1) is 11.3 Å². The predicted molar refractivity (Wildman–Crippen MR) is 132 cm³/mol. The van der Waals surface area contributed by atoms with E-state index in [0.717, 1.165) is 11.3 Å². The number of nitrogens with one attached hydrogen (secondary N) is 2. The molecule has 40 heavy (non-hydrogen) atoms. The standard InChI is InChI=1S/C21H24N4O14S/c22-19-24-5(4-40-19)3-7(26)25-9-14(31)12(29)8(13(30)15(9)32)20(36,37)21(38,39)23-2-1-6-10(27)16(33)18(35)17(34)11(6)28/h4,23,27-39H,1-3H2,(H2,22,24)(H,25,26). The molecule has 0 radical (unpaired) electrons. The first-order valence-corrected chi connectivity index (χ1v) is 11.6. The van der Waals surface area contributed by atoms with Crippen LogP contribution in [0.25, 0.3) is 0 Å². The van der Waals surface area contributed by atoms with Gasteiger partial charge in [-0.2, -0.15) is 0 Å². The van der Waals surface area contributed by atoms with Crippen molar-refractivity contribution in [3.8, 4) is 51.7 Å². The highest BCUT2D eigenvalue weighted by Gasteiger charge is 2.53. The van der Waals surface area contributed by atoms with E-state index in [1.165, 1.54) is 5.38 Å². The highest BCUT2D eigenvalue weighted by molar-refractivity contribution is 7.13. The van der Waals surface area contributed by atoms with Gasteiger partial charge in [-0.05, 0) is 6.42 Å². The maximum absolute atomic E-state index is 12.3. The van der Waals surface area contributed by atoms with Crippen LogP contribution in [0.4, 0.5) is 10.8 Å². The lowest BCUT2D eigenvalue weighted by Crippen LogP contribution is -2.61. The summed E-state index contributed by atoms with van der Waals surface area (Å²) in [6.07, 6.45) is -1.12. The minimum atomic E-state index is -4.14. The molecule has 218 valence electrons. The number of benzene rings is 2. The Morgan fingerprint density at radius 3 is 1.77 bits per heavy atom. The second-order valence-corrected chi connectivity index (χ2v) is 9.18. The van der Waals surface area contributed by atoms with Gasteiger partial charge < -0.3 is 77.4 Å². The molecule has 18 nitrogen and oxygen atoms in total. The number of thiazole rings is 1. The van der Waals surface area contributed by atoms with Gasteiger partial charge in [0, 0.05) is 17.5 Å². The summed E-state index contributed by atoms with van der Waals surface area (Å²) in [6.45, 7) is -0.824. The summed E-state index contributed by atoms with van der Waals surface area (Å²) in [5, 5.41) is 136. The van der Waals surface area contributed by atoms with E-state index in [1.54, 1.807) is 5.32 Å². The number of hydrogen-bond acceptors (Lipinski definition) is 18. The molecule has 0 unspecified atom stereocenters. The molecule has 0 fully saturated rings. The van der Waals surface area contributed by atoms with Crippen LogP contribution >= 0.6 is 11.3 Å². The van der Waals surface area contributed by atoms with Crippen molar-refractivity contribution in [1.82, 2.24) is 10.3 Å². The Morgan fingerprint density at radius 1 is 0.800 bits per heavy atom. The maximum Gasteiger partial charge on any atom is 0.284 e. The fourth-order valence-electron chi connectivity index (χ4n) is 3.53. The number of rotatable bonds is 9. The number of nitrogens with two attached hydrogens (primary N) is 1. The van der Waals surface area contributed by atoms with Crippen LogP contribution in [0.5, 0.6) is 51.7 Å². The molecule has 0 bridgehead atoms. The quantitative estimate of drug-likeness (QED) is 0.0720. The molecule has 0 saturated carbocycles. The Hall–Kier alpha value is -4.66. The summed E-state index contributed by atoms with van der Waals surface area (Å²) in [7, 11) is 0. The van der Waals surface area contributed by atoms with Crippen LogP contribution in [0.2, 0.25) is 0 Å². The predicted octanol–water partition coefficient (Wildman–Crippen LogP) is -2.14. The first-order valence-electron chi connectivity index (χ1n) is 10.7. The van der Waals surface area contributed by atoms with E-state index >= 15 is 0 Å². The Balaban J connectivity index is 1.87. The number of anilines is 2. The smallest absolute Gasteiger partial charge is 0.284 e.